The van der Waals surface area contributed by atoms with E-state index in [0.717, 1.165) is 48.3 Å². The number of ether oxygens (including phenoxy) is 2. The minimum absolute atomic E-state index is 0.0363. The molecule has 3 rings (SSSR count). The van der Waals surface area contributed by atoms with Gasteiger partial charge in [-0.15, -0.1) is 0 Å². The lowest BCUT2D eigenvalue weighted by molar-refractivity contribution is -0.279. The Labute approximate surface area is 125 Å². The summed E-state index contributed by atoms with van der Waals surface area (Å²) in [5.41, 5.74) is 5.88. The van der Waals surface area contributed by atoms with Crippen LogP contribution in [0, 0.1) is 0 Å². The molecule has 2 N–H and O–H groups in total. The Balaban J connectivity index is 2.11. The van der Waals surface area contributed by atoms with Gasteiger partial charge in [0.1, 0.15) is 11.5 Å². The lowest BCUT2D eigenvalue weighted by atomic mass is 9.85. The molecule has 0 amide bonds. The third kappa shape index (κ3) is 2.29. The monoisotopic (exact) mass is 293 g/mol. The fraction of sp³-hybridized carbons (Fsp3) is 0.625. The van der Waals surface area contributed by atoms with Gasteiger partial charge in [-0.2, -0.15) is 5.48 Å². The Morgan fingerprint density at radius 3 is 2.71 bits per heavy atom. The van der Waals surface area contributed by atoms with E-state index in [1.165, 1.54) is 0 Å². The summed E-state index contributed by atoms with van der Waals surface area (Å²) in [7, 11) is 1.61. The van der Waals surface area contributed by atoms with Crippen molar-refractivity contribution in [2.24, 2.45) is 0 Å². The van der Waals surface area contributed by atoms with Crippen molar-refractivity contribution in [3.8, 4) is 11.5 Å². The van der Waals surface area contributed by atoms with Crippen molar-refractivity contribution < 1.29 is 19.4 Å². The number of phenols is 1. The largest absolute Gasteiger partial charge is 0.507 e. The maximum absolute atomic E-state index is 10.5. The SMILES string of the molecule is CCc1cc2c(c(CC)c1O)C(NOC)CC1(CCO1)O2. The summed E-state index contributed by atoms with van der Waals surface area (Å²) in [5, 5.41) is 10.5. The molecule has 0 aromatic heterocycles. The summed E-state index contributed by atoms with van der Waals surface area (Å²) in [6.07, 6.45) is 3.09. The van der Waals surface area contributed by atoms with Crippen LogP contribution in [0.25, 0.3) is 0 Å². The molecule has 1 aromatic rings. The van der Waals surface area contributed by atoms with E-state index in [2.05, 4.69) is 5.48 Å². The number of rotatable bonds is 4. The average Bonchev–Trinajstić information content (AvgIpc) is 2.45. The molecule has 1 fully saturated rings. The second kappa shape index (κ2) is 5.48. The molecule has 2 heterocycles. The highest BCUT2D eigenvalue weighted by atomic mass is 16.7. The molecule has 0 bridgehead atoms. The molecule has 0 radical (unpaired) electrons. The van der Waals surface area contributed by atoms with Gasteiger partial charge in [-0.1, -0.05) is 13.8 Å². The van der Waals surface area contributed by atoms with E-state index in [1.807, 2.05) is 19.9 Å². The number of aryl methyl sites for hydroxylation is 1. The molecule has 0 aliphatic carbocycles. The number of phenolic OH excluding ortho intramolecular Hbond substituents is 1. The zero-order valence-corrected chi connectivity index (χ0v) is 12.9. The topological polar surface area (TPSA) is 60.0 Å². The van der Waals surface area contributed by atoms with Crippen LogP contribution in [0.3, 0.4) is 0 Å². The first-order chi connectivity index (χ1) is 10.1. The van der Waals surface area contributed by atoms with Gasteiger partial charge in [-0.25, -0.2) is 0 Å². The molecule has 2 unspecified atom stereocenters. The van der Waals surface area contributed by atoms with Crippen molar-refractivity contribution >= 4 is 0 Å². The maximum Gasteiger partial charge on any atom is 0.214 e. The van der Waals surface area contributed by atoms with Crippen LogP contribution in [0.5, 0.6) is 11.5 Å². The second-order valence-corrected chi connectivity index (χ2v) is 5.67. The van der Waals surface area contributed by atoms with Crippen LogP contribution in [0.2, 0.25) is 0 Å². The molecule has 1 spiro atoms. The van der Waals surface area contributed by atoms with Crippen molar-refractivity contribution in [3.05, 3.63) is 22.8 Å². The minimum atomic E-state index is -0.532. The zero-order chi connectivity index (χ0) is 15.0. The first-order valence-corrected chi connectivity index (χ1v) is 7.63. The standard InChI is InChI=1S/C16H23NO4/c1-4-10-8-13-14(11(5-2)15(10)18)12(17-19-3)9-16(21-13)6-7-20-16/h8,12,17-18H,4-7,9H2,1-3H3. The van der Waals surface area contributed by atoms with Gasteiger partial charge in [0.05, 0.1) is 19.8 Å². The molecular formula is C16H23NO4. The molecule has 0 saturated carbocycles. The van der Waals surface area contributed by atoms with E-state index in [9.17, 15) is 5.11 Å². The van der Waals surface area contributed by atoms with Gasteiger partial charge in [0.25, 0.3) is 0 Å². The summed E-state index contributed by atoms with van der Waals surface area (Å²) in [6.45, 7) is 4.81. The van der Waals surface area contributed by atoms with Crippen LogP contribution >= 0.6 is 0 Å². The molecule has 2 atom stereocenters. The van der Waals surface area contributed by atoms with Crippen molar-refractivity contribution in [1.29, 1.82) is 0 Å². The number of nitrogens with one attached hydrogen (secondary N) is 1. The Hall–Kier alpha value is -1.30. The molecule has 1 saturated heterocycles. The van der Waals surface area contributed by atoms with Crippen molar-refractivity contribution in [2.45, 2.75) is 51.4 Å². The molecule has 1 aromatic carbocycles. The highest BCUT2D eigenvalue weighted by molar-refractivity contribution is 5.55. The predicted molar refractivity (Wildman–Crippen MR) is 78.3 cm³/mol. The quantitative estimate of drug-likeness (QED) is 0.836. The number of aromatic hydroxyl groups is 1. The summed E-state index contributed by atoms with van der Waals surface area (Å²) in [6, 6.07) is 1.90. The molecule has 5 heteroatoms. The molecule has 116 valence electrons. The second-order valence-electron chi connectivity index (χ2n) is 5.67. The Kier molecular flexibility index (Phi) is 3.82. The van der Waals surface area contributed by atoms with E-state index < -0.39 is 5.79 Å². The van der Waals surface area contributed by atoms with Gasteiger partial charge < -0.3 is 19.4 Å². The zero-order valence-electron chi connectivity index (χ0n) is 12.9. The lowest BCUT2D eigenvalue weighted by Crippen LogP contribution is -2.53. The van der Waals surface area contributed by atoms with Crippen LogP contribution < -0.4 is 10.2 Å². The van der Waals surface area contributed by atoms with Gasteiger partial charge in [-0.3, -0.25) is 0 Å². The van der Waals surface area contributed by atoms with Crippen LogP contribution in [0.4, 0.5) is 0 Å². The first-order valence-electron chi connectivity index (χ1n) is 7.63. The first kappa shape index (κ1) is 14.6. The van der Waals surface area contributed by atoms with Gasteiger partial charge >= 0.3 is 0 Å². The van der Waals surface area contributed by atoms with Crippen LogP contribution in [-0.4, -0.2) is 24.6 Å². The number of hydroxylamine groups is 1. The fourth-order valence-corrected chi connectivity index (χ4v) is 3.34. The summed E-state index contributed by atoms with van der Waals surface area (Å²) >= 11 is 0. The average molecular weight is 293 g/mol. The molecular weight excluding hydrogens is 270 g/mol. The smallest absolute Gasteiger partial charge is 0.214 e. The van der Waals surface area contributed by atoms with Gasteiger partial charge in [-0.05, 0) is 24.5 Å². The van der Waals surface area contributed by atoms with E-state index in [4.69, 9.17) is 14.3 Å². The van der Waals surface area contributed by atoms with E-state index in [0.29, 0.717) is 12.2 Å². The fourth-order valence-electron chi connectivity index (χ4n) is 3.34. The number of fused-ring (bicyclic) bond motifs is 1. The predicted octanol–water partition coefficient (Wildman–Crippen LogP) is 2.61. The van der Waals surface area contributed by atoms with Gasteiger partial charge in [0.15, 0.2) is 0 Å². The summed E-state index contributed by atoms with van der Waals surface area (Å²) < 4.78 is 11.8. The van der Waals surface area contributed by atoms with E-state index in [1.54, 1.807) is 7.11 Å². The van der Waals surface area contributed by atoms with Gasteiger partial charge in [0.2, 0.25) is 5.79 Å². The third-order valence-electron chi connectivity index (χ3n) is 4.49. The molecule has 5 nitrogen and oxygen atoms in total. The number of benzene rings is 1. The van der Waals surface area contributed by atoms with Crippen LogP contribution in [-0.2, 0) is 22.4 Å². The van der Waals surface area contributed by atoms with Crippen molar-refractivity contribution in [2.75, 3.05) is 13.7 Å². The molecule has 21 heavy (non-hydrogen) atoms. The summed E-state index contributed by atoms with van der Waals surface area (Å²) in [4.78, 5) is 5.15. The van der Waals surface area contributed by atoms with Crippen LogP contribution in [0.15, 0.2) is 6.07 Å². The highest BCUT2D eigenvalue weighted by Gasteiger charge is 2.48. The Morgan fingerprint density at radius 2 is 2.19 bits per heavy atom. The van der Waals surface area contributed by atoms with Crippen molar-refractivity contribution in [1.82, 2.24) is 5.48 Å². The minimum Gasteiger partial charge on any atom is -0.507 e. The molecule has 2 aliphatic rings. The van der Waals surface area contributed by atoms with E-state index in [-0.39, 0.29) is 6.04 Å². The number of hydrogen-bond donors (Lipinski definition) is 2. The normalized spacial score (nSPS) is 27.1. The Morgan fingerprint density at radius 1 is 1.43 bits per heavy atom. The highest BCUT2D eigenvalue weighted by Crippen LogP contribution is 2.49. The lowest BCUT2D eigenvalue weighted by Gasteiger charge is -2.47. The Bertz CT molecular complexity index is 540. The van der Waals surface area contributed by atoms with Crippen LogP contribution in [0.1, 0.15) is 49.4 Å². The maximum atomic E-state index is 10.5. The van der Waals surface area contributed by atoms with Crippen molar-refractivity contribution in [3.63, 3.8) is 0 Å². The number of hydrogen-bond acceptors (Lipinski definition) is 5. The summed E-state index contributed by atoms with van der Waals surface area (Å²) in [5.74, 6) is 0.661. The van der Waals surface area contributed by atoms with Gasteiger partial charge in [0, 0.05) is 24.0 Å². The molecule has 2 aliphatic heterocycles. The third-order valence-corrected chi connectivity index (χ3v) is 4.49. The van der Waals surface area contributed by atoms with E-state index >= 15 is 0 Å².